The molecule has 0 atom stereocenters. The molecule has 2 rings (SSSR count). The van der Waals surface area contributed by atoms with Gasteiger partial charge in [-0.3, -0.25) is 9.59 Å². The van der Waals surface area contributed by atoms with Crippen molar-refractivity contribution >= 4 is 28.7 Å². The van der Waals surface area contributed by atoms with Gasteiger partial charge >= 0.3 is 5.97 Å². The van der Waals surface area contributed by atoms with Gasteiger partial charge in [-0.25, -0.2) is 4.98 Å². The van der Waals surface area contributed by atoms with Crippen molar-refractivity contribution in [2.24, 2.45) is 0 Å². The van der Waals surface area contributed by atoms with Crippen LogP contribution in [0, 0.1) is 0 Å². The highest BCUT2D eigenvalue weighted by molar-refractivity contribution is 5.94. The lowest BCUT2D eigenvalue weighted by molar-refractivity contribution is -0.138. The molecule has 0 aliphatic rings. The summed E-state index contributed by atoms with van der Waals surface area (Å²) in [7, 11) is 0. The summed E-state index contributed by atoms with van der Waals surface area (Å²) in [6.07, 6.45) is -0.244. The van der Waals surface area contributed by atoms with Crippen LogP contribution in [0.3, 0.4) is 0 Å². The highest BCUT2D eigenvalue weighted by Crippen LogP contribution is 2.27. The Morgan fingerprint density at radius 2 is 2.00 bits per heavy atom. The van der Waals surface area contributed by atoms with E-state index >= 15 is 0 Å². The molecule has 1 amide bonds. The number of amides is 1. The van der Waals surface area contributed by atoms with E-state index in [2.05, 4.69) is 10.3 Å². The SMILES string of the molecule is CC(C)(C)c1nc2cc(NC(=O)CCC(=O)O)ccc2o1. The largest absolute Gasteiger partial charge is 0.481 e. The molecule has 112 valence electrons. The first-order valence-electron chi connectivity index (χ1n) is 6.68. The lowest BCUT2D eigenvalue weighted by Crippen LogP contribution is -2.13. The van der Waals surface area contributed by atoms with Crippen molar-refractivity contribution in [1.82, 2.24) is 4.98 Å². The molecule has 0 unspecified atom stereocenters. The number of hydrogen-bond acceptors (Lipinski definition) is 4. The minimum absolute atomic E-state index is 0.0561. The molecule has 1 aromatic carbocycles. The Morgan fingerprint density at radius 1 is 1.29 bits per heavy atom. The molecule has 0 radical (unpaired) electrons. The summed E-state index contributed by atoms with van der Waals surface area (Å²) in [5, 5.41) is 11.2. The van der Waals surface area contributed by atoms with Crippen molar-refractivity contribution in [3.63, 3.8) is 0 Å². The normalized spacial score (nSPS) is 11.6. The smallest absolute Gasteiger partial charge is 0.303 e. The summed E-state index contributed by atoms with van der Waals surface area (Å²) in [4.78, 5) is 26.4. The van der Waals surface area contributed by atoms with E-state index in [-0.39, 0.29) is 24.2 Å². The first-order valence-corrected chi connectivity index (χ1v) is 6.68. The number of hydrogen-bond donors (Lipinski definition) is 2. The molecule has 2 aromatic rings. The van der Waals surface area contributed by atoms with Crippen LogP contribution >= 0.6 is 0 Å². The van der Waals surface area contributed by atoms with Crippen LogP contribution < -0.4 is 5.32 Å². The summed E-state index contributed by atoms with van der Waals surface area (Å²) >= 11 is 0. The van der Waals surface area contributed by atoms with E-state index in [1.54, 1.807) is 18.2 Å². The third kappa shape index (κ3) is 3.81. The van der Waals surface area contributed by atoms with Crippen molar-refractivity contribution in [3.05, 3.63) is 24.1 Å². The molecule has 1 aromatic heterocycles. The van der Waals surface area contributed by atoms with Gasteiger partial charge in [0, 0.05) is 17.5 Å². The van der Waals surface area contributed by atoms with Crippen molar-refractivity contribution in [2.45, 2.75) is 39.0 Å². The first kappa shape index (κ1) is 15.0. The van der Waals surface area contributed by atoms with E-state index in [0.29, 0.717) is 22.7 Å². The van der Waals surface area contributed by atoms with Gasteiger partial charge in [-0.15, -0.1) is 0 Å². The highest BCUT2D eigenvalue weighted by Gasteiger charge is 2.21. The second-order valence-corrected chi connectivity index (χ2v) is 5.89. The standard InChI is InChI=1S/C15H18N2O4/c1-15(2,3)14-17-10-8-9(4-5-11(10)21-14)16-12(18)6-7-13(19)20/h4-5,8H,6-7H2,1-3H3,(H,16,18)(H,19,20). The molecular formula is C15H18N2O4. The van der Waals surface area contributed by atoms with Crippen LogP contribution in [0.5, 0.6) is 0 Å². The number of benzene rings is 1. The van der Waals surface area contributed by atoms with E-state index in [1.807, 2.05) is 20.8 Å². The van der Waals surface area contributed by atoms with Gasteiger partial charge in [0.1, 0.15) is 5.52 Å². The fourth-order valence-corrected chi connectivity index (χ4v) is 1.77. The molecule has 0 spiro atoms. The maximum Gasteiger partial charge on any atom is 0.303 e. The summed E-state index contributed by atoms with van der Waals surface area (Å²) < 4.78 is 5.67. The molecule has 21 heavy (non-hydrogen) atoms. The second kappa shape index (κ2) is 5.55. The van der Waals surface area contributed by atoms with Crippen LogP contribution in [0.2, 0.25) is 0 Å². The average molecular weight is 290 g/mol. The molecule has 0 fully saturated rings. The molecule has 0 saturated heterocycles. The number of anilines is 1. The molecule has 0 aliphatic heterocycles. The molecular weight excluding hydrogens is 272 g/mol. The molecule has 0 aliphatic carbocycles. The third-order valence-corrected chi connectivity index (χ3v) is 2.88. The zero-order chi connectivity index (χ0) is 15.6. The number of carbonyl (C=O) groups excluding carboxylic acids is 1. The number of carbonyl (C=O) groups is 2. The van der Waals surface area contributed by atoms with Gasteiger partial charge in [0.15, 0.2) is 5.58 Å². The first-order chi connectivity index (χ1) is 9.75. The van der Waals surface area contributed by atoms with Gasteiger partial charge in [-0.2, -0.15) is 0 Å². The topological polar surface area (TPSA) is 92.4 Å². The third-order valence-electron chi connectivity index (χ3n) is 2.88. The van der Waals surface area contributed by atoms with Crippen LogP contribution in [0.15, 0.2) is 22.6 Å². The molecule has 6 nitrogen and oxygen atoms in total. The monoisotopic (exact) mass is 290 g/mol. The van der Waals surface area contributed by atoms with Gasteiger partial charge in [0.2, 0.25) is 11.8 Å². The van der Waals surface area contributed by atoms with E-state index in [0.717, 1.165) is 0 Å². The predicted molar refractivity (Wildman–Crippen MR) is 78.2 cm³/mol. The maximum absolute atomic E-state index is 11.6. The summed E-state index contributed by atoms with van der Waals surface area (Å²) in [5.74, 6) is -0.699. The number of rotatable bonds is 4. The highest BCUT2D eigenvalue weighted by atomic mass is 16.4. The molecule has 2 N–H and O–H groups in total. The van der Waals surface area contributed by atoms with Gasteiger partial charge in [0.25, 0.3) is 0 Å². The van der Waals surface area contributed by atoms with Crippen molar-refractivity contribution in [3.8, 4) is 0 Å². The summed E-state index contributed by atoms with van der Waals surface area (Å²) in [6.45, 7) is 6.02. The lowest BCUT2D eigenvalue weighted by atomic mass is 9.97. The van der Waals surface area contributed by atoms with Crippen LogP contribution in [0.4, 0.5) is 5.69 Å². The Kier molecular flexibility index (Phi) is 3.97. The zero-order valence-electron chi connectivity index (χ0n) is 12.3. The van der Waals surface area contributed by atoms with Crippen LogP contribution in [0.1, 0.15) is 39.5 Å². The molecule has 0 bridgehead atoms. The quantitative estimate of drug-likeness (QED) is 0.903. The minimum atomic E-state index is -0.994. The van der Waals surface area contributed by atoms with E-state index in [9.17, 15) is 9.59 Å². The van der Waals surface area contributed by atoms with Gasteiger partial charge in [-0.05, 0) is 18.2 Å². The van der Waals surface area contributed by atoms with Crippen LogP contribution in [-0.2, 0) is 15.0 Å². The Hall–Kier alpha value is -2.37. The number of oxazole rings is 1. The number of aliphatic carboxylic acids is 1. The number of carboxylic acid groups (broad SMARTS) is 1. The summed E-state index contributed by atoms with van der Waals surface area (Å²) in [5.41, 5.74) is 1.70. The number of carboxylic acids is 1. The number of nitrogens with one attached hydrogen (secondary N) is 1. The van der Waals surface area contributed by atoms with Crippen molar-refractivity contribution in [1.29, 1.82) is 0 Å². The van der Waals surface area contributed by atoms with Crippen LogP contribution in [-0.4, -0.2) is 22.0 Å². The number of nitrogens with zero attached hydrogens (tertiary/aromatic N) is 1. The molecule has 0 saturated carbocycles. The van der Waals surface area contributed by atoms with E-state index in [1.165, 1.54) is 0 Å². The summed E-state index contributed by atoms with van der Waals surface area (Å²) in [6, 6.07) is 5.16. The fourth-order valence-electron chi connectivity index (χ4n) is 1.77. The fraction of sp³-hybridized carbons (Fsp3) is 0.400. The Morgan fingerprint density at radius 3 is 2.62 bits per heavy atom. The van der Waals surface area contributed by atoms with E-state index < -0.39 is 5.97 Å². The maximum atomic E-state index is 11.6. The van der Waals surface area contributed by atoms with Gasteiger partial charge in [0.05, 0.1) is 6.42 Å². The number of fused-ring (bicyclic) bond motifs is 1. The van der Waals surface area contributed by atoms with Crippen LogP contribution in [0.25, 0.3) is 11.1 Å². The average Bonchev–Trinajstić information content (AvgIpc) is 2.79. The zero-order valence-corrected chi connectivity index (χ0v) is 12.3. The molecule has 6 heteroatoms. The van der Waals surface area contributed by atoms with E-state index in [4.69, 9.17) is 9.52 Å². The van der Waals surface area contributed by atoms with Gasteiger partial charge in [-0.1, -0.05) is 20.8 Å². The van der Waals surface area contributed by atoms with Gasteiger partial charge < -0.3 is 14.8 Å². The van der Waals surface area contributed by atoms with Crippen molar-refractivity contribution < 1.29 is 19.1 Å². The molecule has 1 heterocycles. The second-order valence-electron chi connectivity index (χ2n) is 5.89. The number of aromatic nitrogens is 1. The lowest BCUT2D eigenvalue weighted by Gasteiger charge is -2.11. The Balaban J connectivity index is 2.15. The van der Waals surface area contributed by atoms with Crippen molar-refractivity contribution in [2.75, 3.05) is 5.32 Å². The Labute approximate surface area is 122 Å². The predicted octanol–water partition coefficient (Wildman–Crippen LogP) is 2.93. The Bertz CT molecular complexity index is 683. The minimum Gasteiger partial charge on any atom is -0.481 e.